The maximum Gasteiger partial charge on any atom is 0.407 e. The molecule has 0 spiro atoms. The Bertz CT molecular complexity index is 1370. The number of hydrogen-bond donors (Lipinski definition) is 2. The first-order valence-corrected chi connectivity index (χ1v) is 12.2. The van der Waals surface area contributed by atoms with Crippen molar-refractivity contribution in [1.82, 2.24) is 5.32 Å². The molecule has 7 heteroatoms. The number of carbonyl (C=O) groups excluding carboxylic acids is 1. The van der Waals surface area contributed by atoms with Crippen molar-refractivity contribution in [2.24, 2.45) is 0 Å². The maximum absolute atomic E-state index is 12.6. The minimum Gasteiger partial charge on any atom is -0.480 e. The van der Waals surface area contributed by atoms with Gasteiger partial charge in [0.1, 0.15) is 24.1 Å². The van der Waals surface area contributed by atoms with Crippen LogP contribution in [0.3, 0.4) is 0 Å². The van der Waals surface area contributed by atoms with Gasteiger partial charge in [-0.25, -0.2) is 9.59 Å². The van der Waals surface area contributed by atoms with E-state index in [1.54, 1.807) is 48.5 Å². The standard InChI is InChI=1S/C30H24ClNO5/c31-20-11-15-22(16-12-20)37-21-13-9-19(10-14-21)17-28(29(33)34)32-30(35)36-18-27-25-7-3-1-5-23(25)24-6-2-4-8-26(24)27/h1-16,27-28H,17-18H2,(H,32,35)(H,33,34). The number of carbonyl (C=O) groups is 2. The second-order valence-electron chi connectivity index (χ2n) is 8.76. The smallest absolute Gasteiger partial charge is 0.407 e. The summed E-state index contributed by atoms with van der Waals surface area (Å²) in [4.78, 5) is 24.4. The van der Waals surface area contributed by atoms with Crippen LogP contribution >= 0.6 is 11.6 Å². The van der Waals surface area contributed by atoms with Gasteiger partial charge in [0.2, 0.25) is 0 Å². The van der Waals surface area contributed by atoms with Crippen molar-refractivity contribution in [3.8, 4) is 22.6 Å². The first kappa shape index (κ1) is 24.4. The highest BCUT2D eigenvalue weighted by molar-refractivity contribution is 6.30. The zero-order valence-corrected chi connectivity index (χ0v) is 20.5. The lowest BCUT2D eigenvalue weighted by Gasteiger charge is -2.17. The predicted octanol–water partition coefficient (Wildman–Crippen LogP) is 6.67. The molecular formula is C30H24ClNO5. The van der Waals surface area contributed by atoms with Gasteiger partial charge in [-0.05, 0) is 64.2 Å². The van der Waals surface area contributed by atoms with Crippen molar-refractivity contribution in [3.05, 3.63) is 119 Å². The van der Waals surface area contributed by atoms with Crippen molar-refractivity contribution in [1.29, 1.82) is 0 Å². The van der Waals surface area contributed by atoms with E-state index in [9.17, 15) is 14.7 Å². The average Bonchev–Trinajstić information content (AvgIpc) is 3.23. The lowest BCUT2D eigenvalue weighted by atomic mass is 9.98. The summed E-state index contributed by atoms with van der Waals surface area (Å²) < 4.78 is 11.3. The van der Waals surface area contributed by atoms with Gasteiger partial charge in [-0.15, -0.1) is 0 Å². The molecule has 1 amide bonds. The molecule has 6 nitrogen and oxygen atoms in total. The van der Waals surface area contributed by atoms with Crippen LogP contribution in [0.15, 0.2) is 97.1 Å². The molecule has 1 aliphatic rings. The van der Waals surface area contributed by atoms with E-state index in [0.29, 0.717) is 16.5 Å². The van der Waals surface area contributed by atoms with Crippen molar-refractivity contribution in [2.75, 3.05) is 6.61 Å². The number of fused-ring (bicyclic) bond motifs is 3. The zero-order valence-electron chi connectivity index (χ0n) is 19.8. The number of nitrogens with one attached hydrogen (secondary N) is 1. The third-order valence-corrected chi connectivity index (χ3v) is 6.60. The quantitative estimate of drug-likeness (QED) is 0.275. The van der Waals surface area contributed by atoms with Gasteiger partial charge in [-0.1, -0.05) is 72.3 Å². The Morgan fingerprint density at radius 2 is 1.35 bits per heavy atom. The van der Waals surface area contributed by atoms with Crippen LogP contribution in [0.5, 0.6) is 11.5 Å². The molecule has 0 saturated carbocycles. The van der Waals surface area contributed by atoms with Gasteiger partial charge in [0.25, 0.3) is 0 Å². The molecule has 5 rings (SSSR count). The average molecular weight is 514 g/mol. The van der Waals surface area contributed by atoms with Gasteiger partial charge in [-0.2, -0.15) is 0 Å². The summed E-state index contributed by atoms with van der Waals surface area (Å²) in [6.07, 6.45) is -0.669. The lowest BCUT2D eigenvalue weighted by molar-refractivity contribution is -0.139. The van der Waals surface area contributed by atoms with Crippen LogP contribution in [-0.4, -0.2) is 29.8 Å². The molecule has 0 aromatic heterocycles. The van der Waals surface area contributed by atoms with E-state index in [4.69, 9.17) is 21.1 Å². The minimum absolute atomic E-state index is 0.0980. The number of carboxylic acid groups (broad SMARTS) is 1. The lowest BCUT2D eigenvalue weighted by Crippen LogP contribution is -2.42. The molecule has 0 saturated heterocycles. The first-order chi connectivity index (χ1) is 18.0. The summed E-state index contributed by atoms with van der Waals surface area (Å²) in [5.41, 5.74) is 5.16. The van der Waals surface area contributed by atoms with E-state index < -0.39 is 18.1 Å². The van der Waals surface area contributed by atoms with Crippen LogP contribution in [0, 0.1) is 0 Å². The van der Waals surface area contributed by atoms with E-state index in [1.807, 2.05) is 36.4 Å². The van der Waals surface area contributed by atoms with E-state index in [1.165, 1.54) is 0 Å². The molecule has 186 valence electrons. The third kappa shape index (κ3) is 5.60. The molecule has 0 radical (unpaired) electrons. The topological polar surface area (TPSA) is 84.9 Å². The highest BCUT2D eigenvalue weighted by Gasteiger charge is 2.29. The summed E-state index contributed by atoms with van der Waals surface area (Å²) in [6, 6.07) is 28.9. The third-order valence-electron chi connectivity index (χ3n) is 6.35. The fraction of sp³-hybridized carbons (Fsp3) is 0.133. The molecule has 1 aliphatic carbocycles. The maximum atomic E-state index is 12.6. The van der Waals surface area contributed by atoms with Crippen molar-refractivity contribution >= 4 is 23.7 Å². The Kier molecular flexibility index (Phi) is 7.10. The van der Waals surface area contributed by atoms with Crippen molar-refractivity contribution < 1.29 is 24.2 Å². The van der Waals surface area contributed by atoms with E-state index >= 15 is 0 Å². The summed E-state index contributed by atoms with van der Waals surface area (Å²) >= 11 is 5.90. The molecule has 1 unspecified atom stereocenters. The van der Waals surface area contributed by atoms with Crippen LogP contribution < -0.4 is 10.1 Å². The fourth-order valence-electron chi connectivity index (χ4n) is 4.55. The number of rotatable bonds is 8. The number of benzene rings is 4. The zero-order chi connectivity index (χ0) is 25.8. The number of halogens is 1. The Labute approximate surface area is 219 Å². The Balaban J connectivity index is 1.19. The van der Waals surface area contributed by atoms with Crippen molar-refractivity contribution in [2.45, 2.75) is 18.4 Å². The molecule has 2 N–H and O–H groups in total. The van der Waals surface area contributed by atoms with Crippen LogP contribution in [0.25, 0.3) is 11.1 Å². The Morgan fingerprint density at radius 1 is 0.811 bits per heavy atom. The largest absolute Gasteiger partial charge is 0.480 e. The summed E-state index contributed by atoms with van der Waals surface area (Å²) in [5.74, 6) is -0.00969. The fourth-order valence-corrected chi connectivity index (χ4v) is 4.68. The number of carboxylic acids is 1. The first-order valence-electron chi connectivity index (χ1n) is 11.8. The van der Waals surface area contributed by atoms with Gasteiger partial charge in [0.15, 0.2) is 0 Å². The summed E-state index contributed by atoms with van der Waals surface area (Å²) in [6.45, 7) is 0.114. The van der Waals surface area contributed by atoms with E-state index in [-0.39, 0.29) is 18.9 Å². The van der Waals surface area contributed by atoms with E-state index in [2.05, 4.69) is 17.4 Å². The number of amides is 1. The number of alkyl carbamates (subject to hydrolysis) is 1. The van der Waals surface area contributed by atoms with Gasteiger partial charge in [-0.3, -0.25) is 0 Å². The molecule has 0 bridgehead atoms. The van der Waals surface area contributed by atoms with Gasteiger partial charge in [0.05, 0.1) is 0 Å². The second kappa shape index (κ2) is 10.8. The number of aliphatic carboxylic acids is 1. The molecule has 1 atom stereocenters. The predicted molar refractivity (Wildman–Crippen MR) is 141 cm³/mol. The molecular weight excluding hydrogens is 490 g/mol. The second-order valence-corrected chi connectivity index (χ2v) is 9.20. The molecule has 0 fully saturated rings. The Hall–Kier alpha value is -4.29. The highest BCUT2D eigenvalue weighted by atomic mass is 35.5. The molecule has 37 heavy (non-hydrogen) atoms. The SMILES string of the molecule is O=C(NC(Cc1ccc(Oc2ccc(Cl)cc2)cc1)C(=O)O)OCC1c2ccccc2-c2ccccc21. The van der Waals surface area contributed by atoms with Crippen LogP contribution in [0.4, 0.5) is 4.79 Å². The minimum atomic E-state index is -1.14. The summed E-state index contributed by atoms with van der Waals surface area (Å²) in [5, 5.41) is 12.8. The number of hydrogen-bond acceptors (Lipinski definition) is 4. The molecule has 0 aliphatic heterocycles. The van der Waals surface area contributed by atoms with Gasteiger partial charge in [0, 0.05) is 17.4 Å². The molecule has 4 aromatic carbocycles. The highest BCUT2D eigenvalue weighted by Crippen LogP contribution is 2.44. The van der Waals surface area contributed by atoms with Crippen LogP contribution in [-0.2, 0) is 16.0 Å². The van der Waals surface area contributed by atoms with E-state index in [0.717, 1.165) is 27.8 Å². The number of ether oxygens (including phenoxy) is 2. The van der Waals surface area contributed by atoms with Crippen LogP contribution in [0.2, 0.25) is 5.02 Å². The molecule has 4 aromatic rings. The van der Waals surface area contributed by atoms with Gasteiger partial charge < -0.3 is 19.9 Å². The summed E-state index contributed by atoms with van der Waals surface area (Å²) in [7, 11) is 0. The monoisotopic (exact) mass is 513 g/mol. The molecule has 0 heterocycles. The van der Waals surface area contributed by atoms with Gasteiger partial charge >= 0.3 is 12.1 Å². The Morgan fingerprint density at radius 3 is 1.92 bits per heavy atom. The van der Waals surface area contributed by atoms with Crippen LogP contribution in [0.1, 0.15) is 22.6 Å². The normalized spacial score (nSPS) is 12.8. The van der Waals surface area contributed by atoms with Crippen molar-refractivity contribution in [3.63, 3.8) is 0 Å².